The van der Waals surface area contributed by atoms with Crippen LogP contribution >= 0.6 is 23.2 Å². The SMILES string of the molecule is CCOc1ccc(Cc2nc(N3C[C@@H]4[C@H](C3)[C@H]4NC(=O)c3[nH]c(C)c(Cl)c3Cl)oc2C(=O)O)cc1. The minimum absolute atomic E-state index is 0.00873. The second kappa shape index (κ2) is 9.13. The molecule has 2 aliphatic rings. The molecule has 3 aromatic rings. The largest absolute Gasteiger partial charge is 0.494 e. The zero-order valence-electron chi connectivity index (χ0n) is 19.1. The Labute approximate surface area is 211 Å². The highest BCUT2D eigenvalue weighted by molar-refractivity contribution is 6.44. The van der Waals surface area contributed by atoms with Crippen molar-refractivity contribution in [3.8, 4) is 5.75 Å². The summed E-state index contributed by atoms with van der Waals surface area (Å²) in [6.45, 7) is 5.45. The first-order chi connectivity index (χ1) is 16.8. The van der Waals surface area contributed by atoms with Gasteiger partial charge in [0.15, 0.2) is 0 Å². The molecule has 184 valence electrons. The third-order valence-corrected chi connectivity index (χ3v) is 7.48. The number of carbonyl (C=O) groups excluding carboxylic acids is 1. The summed E-state index contributed by atoms with van der Waals surface area (Å²) in [6.07, 6.45) is 0.329. The summed E-state index contributed by atoms with van der Waals surface area (Å²) in [4.78, 5) is 33.7. The molecule has 9 nitrogen and oxygen atoms in total. The van der Waals surface area contributed by atoms with Crippen molar-refractivity contribution in [1.82, 2.24) is 15.3 Å². The van der Waals surface area contributed by atoms with Gasteiger partial charge in [-0.2, -0.15) is 4.98 Å². The van der Waals surface area contributed by atoms with Gasteiger partial charge in [0.25, 0.3) is 11.9 Å². The summed E-state index contributed by atoms with van der Waals surface area (Å²) < 4.78 is 11.1. The highest BCUT2D eigenvalue weighted by Crippen LogP contribution is 2.47. The molecule has 1 aromatic carbocycles. The number of hydrogen-bond acceptors (Lipinski definition) is 6. The number of halogens is 2. The van der Waals surface area contributed by atoms with Crippen LogP contribution in [0.1, 0.15) is 44.9 Å². The number of H-pyrrole nitrogens is 1. The number of carboxylic acid groups (broad SMARTS) is 1. The number of rotatable bonds is 8. The quantitative estimate of drug-likeness (QED) is 0.409. The van der Waals surface area contributed by atoms with Gasteiger partial charge < -0.3 is 29.5 Å². The molecule has 2 fully saturated rings. The Bertz CT molecular complexity index is 1270. The van der Waals surface area contributed by atoms with Crippen molar-refractivity contribution in [2.75, 3.05) is 24.6 Å². The number of amides is 1. The predicted molar refractivity (Wildman–Crippen MR) is 130 cm³/mol. The molecule has 0 radical (unpaired) electrons. The maximum atomic E-state index is 12.6. The third kappa shape index (κ3) is 4.46. The van der Waals surface area contributed by atoms with E-state index in [-0.39, 0.29) is 46.3 Å². The molecule has 1 saturated heterocycles. The van der Waals surface area contributed by atoms with E-state index in [4.69, 9.17) is 32.4 Å². The van der Waals surface area contributed by atoms with Crippen LogP contribution in [0.15, 0.2) is 28.7 Å². The highest BCUT2D eigenvalue weighted by Gasteiger charge is 2.57. The number of aromatic amines is 1. The van der Waals surface area contributed by atoms with E-state index in [2.05, 4.69) is 15.3 Å². The molecule has 0 spiro atoms. The van der Waals surface area contributed by atoms with E-state index in [1.807, 2.05) is 36.1 Å². The van der Waals surface area contributed by atoms with Crippen LogP contribution < -0.4 is 15.0 Å². The van der Waals surface area contributed by atoms with E-state index in [9.17, 15) is 14.7 Å². The zero-order valence-corrected chi connectivity index (χ0v) is 20.6. The van der Waals surface area contributed by atoms with Crippen LogP contribution in [0.25, 0.3) is 0 Å². The van der Waals surface area contributed by atoms with Gasteiger partial charge >= 0.3 is 5.97 Å². The molecule has 3 atom stereocenters. The van der Waals surface area contributed by atoms with Crippen molar-refractivity contribution < 1.29 is 23.8 Å². The molecule has 5 rings (SSSR count). The smallest absolute Gasteiger partial charge is 0.373 e. The van der Waals surface area contributed by atoms with Gasteiger partial charge in [0.2, 0.25) is 5.76 Å². The van der Waals surface area contributed by atoms with Gasteiger partial charge in [-0.05, 0) is 31.5 Å². The number of hydrogen-bond donors (Lipinski definition) is 3. The number of aryl methyl sites for hydroxylation is 1. The number of carboxylic acids is 1. The van der Waals surface area contributed by atoms with Crippen molar-refractivity contribution in [2.24, 2.45) is 11.8 Å². The number of anilines is 1. The van der Waals surface area contributed by atoms with Crippen LogP contribution in [-0.4, -0.2) is 52.7 Å². The molecule has 1 aliphatic heterocycles. The number of ether oxygens (including phenoxy) is 1. The summed E-state index contributed by atoms with van der Waals surface area (Å²) in [7, 11) is 0. The van der Waals surface area contributed by atoms with Gasteiger partial charge in [-0.3, -0.25) is 4.79 Å². The molecule has 35 heavy (non-hydrogen) atoms. The number of benzene rings is 1. The van der Waals surface area contributed by atoms with Gasteiger partial charge in [0, 0.05) is 43.1 Å². The van der Waals surface area contributed by atoms with E-state index >= 15 is 0 Å². The Kier molecular flexibility index (Phi) is 6.14. The van der Waals surface area contributed by atoms with Crippen molar-refractivity contribution in [2.45, 2.75) is 26.3 Å². The molecule has 0 unspecified atom stereocenters. The Balaban J connectivity index is 1.23. The number of aromatic carboxylic acids is 1. The van der Waals surface area contributed by atoms with Crippen LogP contribution in [0, 0.1) is 18.8 Å². The maximum absolute atomic E-state index is 12.6. The number of carbonyl (C=O) groups is 2. The minimum Gasteiger partial charge on any atom is -0.494 e. The van der Waals surface area contributed by atoms with Crippen LogP contribution in [-0.2, 0) is 6.42 Å². The molecule has 3 heterocycles. The van der Waals surface area contributed by atoms with E-state index in [1.54, 1.807) is 6.92 Å². The lowest BCUT2D eigenvalue weighted by Crippen LogP contribution is -2.35. The molecule has 1 saturated carbocycles. The number of piperidine rings is 1. The molecule has 0 bridgehead atoms. The number of fused-ring (bicyclic) bond motifs is 1. The van der Waals surface area contributed by atoms with Crippen molar-refractivity contribution >= 4 is 41.1 Å². The Morgan fingerprint density at radius 3 is 2.49 bits per heavy atom. The number of nitrogens with one attached hydrogen (secondary N) is 2. The number of oxazole rings is 1. The summed E-state index contributed by atoms with van der Waals surface area (Å²) in [5, 5.41) is 13.2. The molecule has 11 heteroatoms. The lowest BCUT2D eigenvalue weighted by molar-refractivity contribution is 0.0661. The lowest BCUT2D eigenvalue weighted by Gasteiger charge is -2.17. The Hall–Kier alpha value is -3.17. The minimum atomic E-state index is -1.16. The van der Waals surface area contributed by atoms with E-state index in [0.717, 1.165) is 11.3 Å². The standard InChI is InChI=1S/C24H24Cl2N4O5/c1-3-34-13-6-4-12(5-7-13)8-16-21(23(32)33)35-24(28-16)30-9-14-15(10-30)19(14)29-22(31)20-18(26)17(25)11(2)27-20/h4-7,14-15,19,27H,3,8-10H2,1-2H3,(H,29,31)(H,32,33)/t14-,15+,19+. The van der Waals surface area contributed by atoms with Crippen LogP contribution in [0.5, 0.6) is 5.75 Å². The van der Waals surface area contributed by atoms with Gasteiger partial charge in [0.05, 0.1) is 16.7 Å². The van der Waals surface area contributed by atoms with Gasteiger partial charge in [0.1, 0.15) is 17.1 Å². The maximum Gasteiger partial charge on any atom is 0.373 e. The van der Waals surface area contributed by atoms with Crippen LogP contribution in [0.4, 0.5) is 6.01 Å². The monoisotopic (exact) mass is 518 g/mol. The van der Waals surface area contributed by atoms with Crippen LogP contribution in [0.2, 0.25) is 10.0 Å². The van der Waals surface area contributed by atoms with Gasteiger partial charge in [-0.25, -0.2) is 4.79 Å². The topological polar surface area (TPSA) is 121 Å². The van der Waals surface area contributed by atoms with E-state index in [0.29, 0.717) is 42.5 Å². The first kappa shape index (κ1) is 23.6. The first-order valence-electron chi connectivity index (χ1n) is 11.3. The average molecular weight is 519 g/mol. The molecule has 1 amide bonds. The Morgan fingerprint density at radius 2 is 1.91 bits per heavy atom. The fourth-order valence-corrected chi connectivity index (χ4v) is 5.09. The summed E-state index contributed by atoms with van der Waals surface area (Å²) >= 11 is 12.2. The molecular formula is C24H24Cl2N4O5. The van der Waals surface area contributed by atoms with E-state index < -0.39 is 5.97 Å². The van der Waals surface area contributed by atoms with Gasteiger partial charge in [-0.1, -0.05) is 35.3 Å². The van der Waals surface area contributed by atoms with Crippen molar-refractivity contribution in [3.63, 3.8) is 0 Å². The first-order valence-corrected chi connectivity index (χ1v) is 12.1. The summed E-state index contributed by atoms with van der Waals surface area (Å²) in [6, 6.07) is 7.75. The van der Waals surface area contributed by atoms with Crippen molar-refractivity contribution in [3.05, 3.63) is 62.7 Å². The Morgan fingerprint density at radius 1 is 1.23 bits per heavy atom. The number of nitrogens with zero attached hydrogens (tertiary/aromatic N) is 2. The number of aromatic nitrogens is 2. The highest BCUT2D eigenvalue weighted by atomic mass is 35.5. The predicted octanol–water partition coefficient (Wildman–Crippen LogP) is 4.17. The second-order valence-corrected chi connectivity index (χ2v) is 9.57. The van der Waals surface area contributed by atoms with Gasteiger partial charge in [-0.15, -0.1) is 0 Å². The van der Waals surface area contributed by atoms with Crippen molar-refractivity contribution in [1.29, 1.82) is 0 Å². The fraction of sp³-hybridized carbons (Fsp3) is 0.375. The summed E-state index contributed by atoms with van der Waals surface area (Å²) in [5.41, 5.74) is 2.17. The molecular weight excluding hydrogens is 495 g/mol. The fourth-order valence-electron chi connectivity index (χ4n) is 4.67. The second-order valence-electron chi connectivity index (χ2n) is 8.82. The average Bonchev–Trinajstić information content (AvgIpc) is 3.20. The van der Waals surface area contributed by atoms with E-state index in [1.165, 1.54) is 0 Å². The lowest BCUT2D eigenvalue weighted by atomic mass is 10.1. The molecule has 1 aliphatic carbocycles. The normalized spacial score (nSPS) is 20.6. The molecule has 3 N–H and O–H groups in total. The zero-order chi connectivity index (χ0) is 24.9. The van der Waals surface area contributed by atoms with Crippen LogP contribution in [0.3, 0.4) is 0 Å². The summed E-state index contributed by atoms with van der Waals surface area (Å²) in [5.74, 6) is -0.412. The molecule has 2 aromatic heterocycles. The third-order valence-electron chi connectivity index (χ3n) is 6.53.